The Labute approximate surface area is 111 Å². The predicted molar refractivity (Wildman–Crippen MR) is 77.2 cm³/mol. The lowest BCUT2D eigenvalue weighted by atomic mass is 10.1. The summed E-state index contributed by atoms with van der Waals surface area (Å²) < 4.78 is 0. The molecule has 0 fully saturated rings. The highest BCUT2D eigenvalue weighted by atomic mass is 16.1. The quantitative estimate of drug-likeness (QED) is 0.716. The van der Waals surface area contributed by atoms with Crippen molar-refractivity contribution in [3.63, 3.8) is 0 Å². The molecule has 3 nitrogen and oxygen atoms in total. The molecule has 3 rings (SSSR count). The average molecular weight is 249 g/mol. The number of nitrogens with one attached hydrogen (secondary N) is 2. The summed E-state index contributed by atoms with van der Waals surface area (Å²) in [6, 6.07) is 15.2. The zero-order chi connectivity index (χ0) is 13.2. The van der Waals surface area contributed by atoms with Gasteiger partial charge in [0.25, 0.3) is 5.91 Å². The van der Waals surface area contributed by atoms with Crippen LogP contribution in [-0.2, 0) is 0 Å². The van der Waals surface area contributed by atoms with Crippen LogP contribution in [0.15, 0.2) is 54.7 Å². The molecule has 19 heavy (non-hydrogen) atoms. The Morgan fingerprint density at radius 3 is 2.58 bits per heavy atom. The maximum atomic E-state index is 12.2. The van der Waals surface area contributed by atoms with E-state index in [1.165, 1.54) is 0 Å². The summed E-state index contributed by atoms with van der Waals surface area (Å²) in [7, 11) is 0. The number of anilines is 1. The van der Waals surface area contributed by atoms with Crippen LogP contribution in [0.3, 0.4) is 0 Å². The molecule has 0 aliphatic rings. The van der Waals surface area contributed by atoms with Gasteiger partial charge in [0.2, 0.25) is 0 Å². The largest absolute Gasteiger partial charge is 0.360 e. The number of rotatable bonds is 2. The van der Waals surface area contributed by atoms with Gasteiger partial charge in [0.15, 0.2) is 0 Å². The fourth-order valence-electron chi connectivity index (χ4n) is 2.05. The van der Waals surface area contributed by atoms with Gasteiger partial charge in [0.1, 0.15) is 0 Å². The summed E-state index contributed by atoms with van der Waals surface area (Å²) in [5.41, 5.74) is 3.29. The monoisotopic (exact) mass is 249 g/mol. The first-order valence-corrected chi connectivity index (χ1v) is 6.03. The molecule has 0 saturated heterocycles. The Kier molecular flexibility index (Phi) is 2.80. The van der Waals surface area contributed by atoms with Gasteiger partial charge in [-0.25, -0.2) is 0 Å². The molecule has 0 aliphatic carbocycles. The van der Waals surface area contributed by atoms with Gasteiger partial charge in [0, 0.05) is 22.8 Å². The van der Waals surface area contributed by atoms with Crippen LogP contribution in [0.1, 0.15) is 15.9 Å². The van der Waals surface area contributed by atoms with Gasteiger partial charge in [-0.3, -0.25) is 4.79 Å². The Morgan fingerprint density at radius 1 is 1.05 bits per heavy atom. The molecule has 2 aromatic carbocycles. The molecule has 0 aliphatic heterocycles. The van der Waals surface area contributed by atoms with E-state index in [2.05, 4.69) is 17.2 Å². The number of H-pyrrole nitrogens is 1. The van der Waals surface area contributed by atoms with Crippen molar-refractivity contribution in [1.29, 1.82) is 0 Å². The SMILES string of the molecule is [CH2]c1ccc(NC(=O)c2c[nH]c3ccccc23)cc1. The van der Waals surface area contributed by atoms with Crippen LogP contribution in [0.4, 0.5) is 5.69 Å². The Bertz CT molecular complexity index is 726. The number of fused-ring (bicyclic) bond motifs is 1. The van der Waals surface area contributed by atoms with Gasteiger partial charge >= 0.3 is 0 Å². The smallest absolute Gasteiger partial charge is 0.257 e. The minimum absolute atomic E-state index is 0.116. The molecule has 0 bridgehead atoms. The van der Waals surface area contributed by atoms with E-state index in [1.807, 2.05) is 48.5 Å². The van der Waals surface area contributed by atoms with Gasteiger partial charge in [0.05, 0.1) is 5.56 Å². The maximum absolute atomic E-state index is 12.2. The third-order valence-corrected chi connectivity index (χ3v) is 3.05. The Morgan fingerprint density at radius 2 is 1.79 bits per heavy atom. The zero-order valence-corrected chi connectivity index (χ0v) is 10.3. The van der Waals surface area contributed by atoms with Crippen molar-refractivity contribution >= 4 is 22.5 Å². The Balaban J connectivity index is 1.90. The van der Waals surface area contributed by atoms with Crippen molar-refractivity contribution < 1.29 is 4.79 Å². The summed E-state index contributed by atoms with van der Waals surface area (Å²) in [6.07, 6.45) is 1.73. The minimum Gasteiger partial charge on any atom is -0.360 e. The van der Waals surface area contributed by atoms with Crippen molar-refractivity contribution in [1.82, 2.24) is 4.98 Å². The molecule has 1 amide bonds. The summed E-state index contributed by atoms with van der Waals surface area (Å²) in [5, 5.41) is 3.80. The molecule has 0 spiro atoms. The lowest BCUT2D eigenvalue weighted by Gasteiger charge is -2.04. The number of carbonyl (C=O) groups is 1. The van der Waals surface area contributed by atoms with E-state index in [-0.39, 0.29) is 5.91 Å². The van der Waals surface area contributed by atoms with E-state index >= 15 is 0 Å². The molecular weight excluding hydrogens is 236 g/mol. The number of aromatic nitrogens is 1. The summed E-state index contributed by atoms with van der Waals surface area (Å²) in [5.74, 6) is -0.116. The van der Waals surface area contributed by atoms with Gasteiger partial charge in [-0.2, -0.15) is 0 Å². The van der Waals surface area contributed by atoms with Crippen LogP contribution in [-0.4, -0.2) is 10.9 Å². The van der Waals surface area contributed by atoms with Crippen molar-refractivity contribution in [3.8, 4) is 0 Å². The Hall–Kier alpha value is -2.55. The minimum atomic E-state index is -0.116. The zero-order valence-electron chi connectivity index (χ0n) is 10.3. The van der Waals surface area contributed by atoms with Gasteiger partial charge in [-0.1, -0.05) is 30.3 Å². The van der Waals surface area contributed by atoms with Crippen molar-refractivity contribution in [2.45, 2.75) is 0 Å². The van der Waals surface area contributed by atoms with E-state index < -0.39 is 0 Å². The molecule has 0 atom stereocenters. The second-order valence-electron chi connectivity index (χ2n) is 4.40. The summed E-state index contributed by atoms with van der Waals surface area (Å²) >= 11 is 0. The lowest BCUT2D eigenvalue weighted by Crippen LogP contribution is -2.11. The molecular formula is C16H13N2O. The van der Waals surface area contributed by atoms with Gasteiger partial charge in [-0.05, 0) is 30.7 Å². The molecule has 0 unspecified atom stereocenters. The molecule has 1 heterocycles. The van der Waals surface area contributed by atoms with Crippen LogP contribution in [0.2, 0.25) is 0 Å². The number of amides is 1. The molecule has 1 radical (unpaired) electrons. The number of benzene rings is 2. The topological polar surface area (TPSA) is 44.9 Å². The van der Waals surface area contributed by atoms with Crippen LogP contribution in [0.5, 0.6) is 0 Å². The third kappa shape index (κ3) is 2.22. The van der Waals surface area contributed by atoms with E-state index in [0.717, 1.165) is 22.2 Å². The number of hydrogen-bond donors (Lipinski definition) is 2. The molecule has 93 valence electrons. The number of carbonyl (C=O) groups excluding carboxylic acids is 1. The first kappa shape index (κ1) is 11.5. The molecule has 2 N–H and O–H groups in total. The first-order valence-electron chi connectivity index (χ1n) is 6.03. The highest BCUT2D eigenvalue weighted by molar-refractivity contribution is 6.12. The first-order chi connectivity index (χ1) is 9.24. The van der Waals surface area contributed by atoms with Crippen LogP contribution in [0, 0.1) is 6.92 Å². The highest BCUT2D eigenvalue weighted by Gasteiger charge is 2.11. The highest BCUT2D eigenvalue weighted by Crippen LogP contribution is 2.19. The molecule has 1 aromatic heterocycles. The van der Waals surface area contributed by atoms with Crippen LogP contribution >= 0.6 is 0 Å². The van der Waals surface area contributed by atoms with Crippen molar-refractivity contribution in [3.05, 3.63) is 72.8 Å². The lowest BCUT2D eigenvalue weighted by molar-refractivity contribution is 0.102. The normalized spacial score (nSPS) is 10.6. The number of aromatic amines is 1. The van der Waals surface area contributed by atoms with E-state index in [1.54, 1.807) is 6.20 Å². The molecule has 3 heteroatoms. The van der Waals surface area contributed by atoms with E-state index in [0.29, 0.717) is 5.56 Å². The summed E-state index contributed by atoms with van der Waals surface area (Å²) in [6.45, 7) is 3.81. The van der Waals surface area contributed by atoms with E-state index in [4.69, 9.17) is 0 Å². The maximum Gasteiger partial charge on any atom is 0.257 e. The second-order valence-corrected chi connectivity index (χ2v) is 4.40. The molecule has 3 aromatic rings. The predicted octanol–water partition coefficient (Wildman–Crippen LogP) is 3.60. The van der Waals surface area contributed by atoms with E-state index in [9.17, 15) is 4.79 Å². The fraction of sp³-hybridized carbons (Fsp3) is 0. The van der Waals surface area contributed by atoms with Gasteiger partial charge < -0.3 is 10.3 Å². The van der Waals surface area contributed by atoms with Crippen molar-refractivity contribution in [2.24, 2.45) is 0 Å². The van der Waals surface area contributed by atoms with Crippen LogP contribution < -0.4 is 5.32 Å². The fourth-order valence-corrected chi connectivity index (χ4v) is 2.05. The third-order valence-electron chi connectivity index (χ3n) is 3.05. The van der Waals surface area contributed by atoms with Crippen molar-refractivity contribution in [2.75, 3.05) is 5.32 Å². The standard InChI is InChI=1S/C16H13N2O/c1-11-6-8-12(9-7-11)18-16(19)14-10-17-15-5-3-2-4-13(14)15/h2-10,17H,1H2,(H,18,19). The number of hydrogen-bond acceptors (Lipinski definition) is 1. The van der Waals surface area contributed by atoms with Crippen LogP contribution in [0.25, 0.3) is 10.9 Å². The average Bonchev–Trinajstić information content (AvgIpc) is 2.85. The summed E-state index contributed by atoms with van der Waals surface area (Å²) in [4.78, 5) is 15.3. The number of para-hydroxylation sites is 1. The molecule has 0 saturated carbocycles. The van der Waals surface area contributed by atoms with Gasteiger partial charge in [-0.15, -0.1) is 0 Å². The second kappa shape index (κ2) is 4.61.